The van der Waals surface area contributed by atoms with E-state index in [0.717, 1.165) is 50.0 Å². The maximum atomic E-state index is 12.9. The minimum absolute atomic E-state index is 0.0336. The lowest BCUT2D eigenvalue weighted by molar-refractivity contribution is -0.137. The van der Waals surface area contributed by atoms with Crippen molar-refractivity contribution in [1.82, 2.24) is 9.80 Å². The molecule has 26 heavy (non-hydrogen) atoms. The van der Waals surface area contributed by atoms with E-state index in [1.165, 1.54) is 0 Å². The van der Waals surface area contributed by atoms with Crippen LogP contribution in [0.15, 0.2) is 28.7 Å². The Morgan fingerprint density at radius 1 is 1.19 bits per heavy atom. The summed E-state index contributed by atoms with van der Waals surface area (Å²) >= 11 is 3.39. The molecule has 6 heteroatoms. The molecule has 1 atom stereocenters. The smallest absolute Gasteiger partial charge is 0.253 e. The van der Waals surface area contributed by atoms with E-state index in [2.05, 4.69) is 15.9 Å². The third-order valence-corrected chi connectivity index (χ3v) is 5.95. The summed E-state index contributed by atoms with van der Waals surface area (Å²) in [6.45, 7) is 6.46. The van der Waals surface area contributed by atoms with Gasteiger partial charge < -0.3 is 14.5 Å². The van der Waals surface area contributed by atoms with Gasteiger partial charge in [-0.05, 0) is 50.5 Å². The van der Waals surface area contributed by atoms with Crippen LogP contribution in [0.5, 0.6) is 0 Å². The monoisotopic (exact) mass is 422 g/mol. The molecule has 2 saturated heterocycles. The van der Waals surface area contributed by atoms with Crippen LogP contribution in [-0.4, -0.2) is 61.0 Å². The van der Waals surface area contributed by atoms with Gasteiger partial charge in [0.2, 0.25) is 5.91 Å². The van der Waals surface area contributed by atoms with Gasteiger partial charge in [0.25, 0.3) is 5.91 Å². The van der Waals surface area contributed by atoms with Crippen molar-refractivity contribution in [1.29, 1.82) is 0 Å². The lowest BCUT2D eigenvalue weighted by Crippen LogP contribution is -2.45. The summed E-state index contributed by atoms with van der Waals surface area (Å²) in [6.07, 6.45) is 2.54. The number of rotatable bonds is 5. The zero-order chi connectivity index (χ0) is 18.5. The molecule has 3 rings (SSSR count). The van der Waals surface area contributed by atoms with Gasteiger partial charge in [-0.25, -0.2) is 0 Å². The van der Waals surface area contributed by atoms with Crippen molar-refractivity contribution in [2.24, 2.45) is 11.8 Å². The number of benzene rings is 1. The number of nitrogens with zero attached hydrogens (tertiary/aromatic N) is 2. The van der Waals surface area contributed by atoms with Gasteiger partial charge in [0.15, 0.2) is 0 Å². The van der Waals surface area contributed by atoms with Crippen molar-refractivity contribution in [2.45, 2.75) is 26.2 Å². The molecule has 0 saturated carbocycles. The van der Waals surface area contributed by atoms with Gasteiger partial charge in [0, 0.05) is 54.7 Å². The predicted octanol–water partition coefficient (Wildman–Crippen LogP) is 3.19. The zero-order valence-corrected chi connectivity index (χ0v) is 16.9. The molecule has 1 aromatic carbocycles. The Morgan fingerprint density at radius 3 is 2.46 bits per heavy atom. The van der Waals surface area contributed by atoms with Crippen LogP contribution in [0, 0.1) is 11.8 Å². The topological polar surface area (TPSA) is 49.9 Å². The summed E-state index contributed by atoms with van der Waals surface area (Å²) in [4.78, 5) is 29.3. The molecule has 0 N–H and O–H groups in total. The lowest BCUT2D eigenvalue weighted by atomic mass is 9.94. The maximum absolute atomic E-state index is 12.9. The van der Waals surface area contributed by atoms with Crippen LogP contribution < -0.4 is 0 Å². The molecule has 142 valence electrons. The van der Waals surface area contributed by atoms with E-state index in [1.54, 1.807) is 0 Å². The summed E-state index contributed by atoms with van der Waals surface area (Å²) < 4.78 is 6.40. The van der Waals surface area contributed by atoms with Crippen molar-refractivity contribution in [3.05, 3.63) is 34.3 Å². The molecule has 5 nitrogen and oxygen atoms in total. The van der Waals surface area contributed by atoms with Crippen molar-refractivity contribution in [2.75, 3.05) is 39.4 Å². The quantitative estimate of drug-likeness (QED) is 0.731. The summed E-state index contributed by atoms with van der Waals surface area (Å²) in [5.41, 5.74) is 0.703. The van der Waals surface area contributed by atoms with E-state index in [4.69, 9.17) is 4.74 Å². The molecule has 2 aliphatic rings. The van der Waals surface area contributed by atoms with E-state index in [9.17, 15) is 9.59 Å². The molecule has 0 radical (unpaired) electrons. The molecule has 1 aromatic rings. The Balaban J connectivity index is 1.52. The molecule has 1 unspecified atom stereocenters. The number of ether oxygens (including phenoxy) is 1. The number of amides is 2. The largest absolute Gasteiger partial charge is 0.381 e. The normalized spacial score (nSPS) is 21.0. The third kappa shape index (κ3) is 4.65. The Kier molecular flexibility index (Phi) is 6.70. The standard InChI is InChI=1S/C20H27BrN2O3/c1-2-22(13-15-9-12-26-14-15)19(24)17-7-10-23(11-8-17)20(25)16-3-5-18(21)6-4-16/h3-6,15,17H,2,7-14H2,1H3. The van der Waals surface area contributed by atoms with E-state index in [0.29, 0.717) is 24.6 Å². The Hall–Kier alpha value is -1.40. The number of piperidine rings is 1. The fraction of sp³-hybridized carbons (Fsp3) is 0.600. The molecule has 0 bridgehead atoms. The molecule has 0 aliphatic carbocycles. The van der Waals surface area contributed by atoms with Gasteiger partial charge in [-0.15, -0.1) is 0 Å². The first kappa shape index (κ1) is 19.4. The maximum Gasteiger partial charge on any atom is 0.253 e. The van der Waals surface area contributed by atoms with Gasteiger partial charge in [-0.1, -0.05) is 15.9 Å². The fourth-order valence-electron chi connectivity index (χ4n) is 3.78. The van der Waals surface area contributed by atoms with Crippen LogP contribution >= 0.6 is 15.9 Å². The van der Waals surface area contributed by atoms with Crippen LogP contribution in [-0.2, 0) is 9.53 Å². The first-order valence-electron chi connectivity index (χ1n) is 9.50. The van der Waals surface area contributed by atoms with Gasteiger partial charge in [-0.3, -0.25) is 9.59 Å². The van der Waals surface area contributed by atoms with Crippen LogP contribution in [0.2, 0.25) is 0 Å². The van der Waals surface area contributed by atoms with Crippen LogP contribution in [0.1, 0.15) is 36.5 Å². The Bertz CT molecular complexity index is 620. The molecule has 0 aromatic heterocycles. The second kappa shape index (κ2) is 9.00. The molecule has 2 heterocycles. The molecular weight excluding hydrogens is 396 g/mol. The summed E-state index contributed by atoms with van der Waals surface area (Å²) in [6, 6.07) is 7.45. The van der Waals surface area contributed by atoms with Crippen molar-refractivity contribution >= 4 is 27.7 Å². The van der Waals surface area contributed by atoms with Crippen molar-refractivity contribution < 1.29 is 14.3 Å². The highest BCUT2D eigenvalue weighted by Crippen LogP contribution is 2.23. The van der Waals surface area contributed by atoms with E-state index >= 15 is 0 Å². The van der Waals surface area contributed by atoms with Crippen LogP contribution in [0.3, 0.4) is 0 Å². The minimum Gasteiger partial charge on any atom is -0.381 e. The van der Waals surface area contributed by atoms with Gasteiger partial charge in [0.1, 0.15) is 0 Å². The van der Waals surface area contributed by atoms with Gasteiger partial charge >= 0.3 is 0 Å². The zero-order valence-electron chi connectivity index (χ0n) is 15.3. The molecule has 2 aliphatic heterocycles. The number of carbonyl (C=O) groups is 2. The van der Waals surface area contributed by atoms with E-state index < -0.39 is 0 Å². The van der Waals surface area contributed by atoms with Gasteiger partial charge in [-0.2, -0.15) is 0 Å². The second-order valence-corrected chi connectivity index (χ2v) is 8.10. The van der Waals surface area contributed by atoms with Gasteiger partial charge in [0.05, 0.1) is 6.61 Å². The average Bonchev–Trinajstić information content (AvgIpc) is 3.19. The molecule has 2 fully saturated rings. The first-order valence-corrected chi connectivity index (χ1v) is 10.3. The molecular formula is C20H27BrN2O3. The summed E-state index contributed by atoms with van der Waals surface area (Å²) in [7, 11) is 0. The highest BCUT2D eigenvalue weighted by molar-refractivity contribution is 9.10. The average molecular weight is 423 g/mol. The number of hydrogen-bond acceptors (Lipinski definition) is 3. The fourth-order valence-corrected chi connectivity index (χ4v) is 4.04. The van der Waals surface area contributed by atoms with E-state index in [1.807, 2.05) is 41.0 Å². The first-order chi connectivity index (χ1) is 12.6. The predicted molar refractivity (Wildman–Crippen MR) is 104 cm³/mol. The second-order valence-electron chi connectivity index (χ2n) is 7.18. The van der Waals surface area contributed by atoms with Crippen molar-refractivity contribution in [3.63, 3.8) is 0 Å². The van der Waals surface area contributed by atoms with Crippen molar-refractivity contribution in [3.8, 4) is 0 Å². The Labute approximate surface area is 163 Å². The Morgan fingerprint density at radius 2 is 1.88 bits per heavy atom. The molecule has 2 amide bonds. The van der Waals surface area contributed by atoms with Crippen LogP contribution in [0.25, 0.3) is 0 Å². The van der Waals surface area contributed by atoms with Crippen LogP contribution in [0.4, 0.5) is 0 Å². The number of halogens is 1. The highest BCUT2D eigenvalue weighted by atomic mass is 79.9. The summed E-state index contributed by atoms with van der Waals surface area (Å²) in [5.74, 6) is 0.804. The third-order valence-electron chi connectivity index (χ3n) is 5.42. The molecule has 0 spiro atoms. The number of hydrogen-bond donors (Lipinski definition) is 0. The summed E-state index contributed by atoms with van der Waals surface area (Å²) in [5, 5.41) is 0. The SMILES string of the molecule is CCN(CC1CCOC1)C(=O)C1CCN(C(=O)c2ccc(Br)cc2)CC1. The minimum atomic E-state index is 0.0336. The highest BCUT2D eigenvalue weighted by Gasteiger charge is 2.31. The number of likely N-dealkylation sites (tertiary alicyclic amines) is 1. The number of carbonyl (C=O) groups excluding carboxylic acids is 2. The van der Waals surface area contributed by atoms with E-state index in [-0.39, 0.29) is 17.7 Å². The lowest BCUT2D eigenvalue weighted by Gasteiger charge is -2.34.